The molecule has 0 aromatic heterocycles. The van der Waals surface area contributed by atoms with E-state index in [0.29, 0.717) is 31.5 Å². The first-order valence-electron chi connectivity index (χ1n) is 9.61. The first-order chi connectivity index (χ1) is 13.2. The van der Waals surface area contributed by atoms with Crippen molar-refractivity contribution in [1.29, 1.82) is 0 Å². The minimum absolute atomic E-state index is 0. The van der Waals surface area contributed by atoms with E-state index >= 15 is 0 Å². The molecule has 0 spiro atoms. The van der Waals surface area contributed by atoms with E-state index in [2.05, 4.69) is 20.9 Å². The molecule has 0 saturated heterocycles. The fourth-order valence-corrected chi connectivity index (χ4v) is 3.24. The topological polar surface area (TPSA) is 84.0 Å². The molecule has 0 aliphatic heterocycles. The summed E-state index contributed by atoms with van der Waals surface area (Å²) in [5, 5.41) is 9.55. The SMILES string of the molecule is CN=C(NCCC(=O)NC1CCCCC1)NCc1ccc(OC)cc1OC.I. The van der Waals surface area contributed by atoms with Gasteiger partial charge in [-0.3, -0.25) is 9.79 Å². The molecule has 0 radical (unpaired) electrons. The van der Waals surface area contributed by atoms with Crippen molar-refractivity contribution in [3.8, 4) is 11.5 Å². The van der Waals surface area contributed by atoms with Gasteiger partial charge < -0.3 is 25.4 Å². The Bertz CT molecular complexity index is 634. The third kappa shape index (κ3) is 8.12. The lowest BCUT2D eigenvalue weighted by Gasteiger charge is -2.22. The summed E-state index contributed by atoms with van der Waals surface area (Å²) in [4.78, 5) is 16.3. The third-order valence-corrected chi connectivity index (χ3v) is 4.78. The number of nitrogens with zero attached hydrogens (tertiary/aromatic N) is 1. The van der Waals surface area contributed by atoms with E-state index in [1.807, 2.05) is 18.2 Å². The zero-order chi connectivity index (χ0) is 19.5. The van der Waals surface area contributed by atoms with Crippen molar-refractivity contribution in [1.82, 2.24) is 16.0 Å². The van der Waals surface area contributed by atoms with Gasteiger partial charge in [-0.05, 0) is 25.0 Å². The molecule has 0 unspecified atom stereocenters. The van der Waals surface area contributed by atoms with Crippen molar-refractivity contribution < 1.29 is 14.3 Å². The molecule has 8 heteroatoms. The van der Waals surface area contributed by atoms with Crippen LogP contribution in [0.4, 0.5) is 0 Å². The lowest BCUT2D eigenvalue weighted by atomic mass is 9.95. The first-order valence-corrected chi connectivity index (χ1v) is 9.61. The molecule has 7 nitrogen and oxygen atoms in total. The minimum atomic E-state index is 0. The maximum absolute atomic E-state index is 12.1. The Morgan fingerprint density at radius 2 is 1.89 bits per heavy atom. The van der Waals surface area contributed by atoms with Gasteiger partial charge in [0.15, 0.2) is 5.96 Å². The summed E-state index contributed by atoms with van der Waals surface area (Å²) in [6.45, 7) is 1.10. The van der Waals surface area contributed by atoms with Crippen molar-refractivity contribution >= 4 is 35.8 Å². The Morgan fingerprint density at radius 1 is 1.14 bits per heavy atom. The van der Waals surface area contributed by atoms with Gasteiger partial charge in [-0.25, -0.2) is 0 Å². The van der Waals surface area contributed by atoms with Crippen molar-refractivity contribution in [3.63, 3.8) is 0 Å². The molecule has 0 atom stereocenters. The van der Waals surface area contributed by atoms with Crippen LogP contribution >= 0.6 is 24.0 Å². The summed E-state index contributed by atoms with van der Waals surface area (Å²) in [6, 6.07) is 6.05. The highest BCUT2D eigenvalue weighted by molar-refractivity contribution is 14.0. The van der Waals surface area contributed by atoms with E-state index in [1.165, 1.54) is 19.3 Å². The smallest absolute Gasteiger partial charge is 0.221 e. The fraction of sp³-hybridized carbons (Fsp3) is 0.600. The second kappa shape index (κ2) is 13.5. The molecule has 1 aliphatic carbocycles. The highest BCUT2D eigenvalue weighted by atomic mass is 127. The highest BCUT2D eigenvalue weighted by Gasteiger charge is 2.15. The molecule has 2 rings (SSSR count). The van der Waals surface area contributed by atoms with E-state index in [4.69, 9.17) is 9.47 Å². The normalized spacial score (nSPS) is 14.6. The van der Waals surface area contributed by atoms with E-state index < -0.39 is 0 Å². The summed E-state index contributed by atoms with van der Waals surface area (Å²) in [7, 11) is 4.97. The lowest BCUT2D eigenvalue weighted by molar-refractivity contribution is -0.121. The molecule has 1 aliphatic rings. The zero-order valence-electron chi connectivity index (χ0n) is 17.0. The monoisotopic (exact) mass is 504 g/mol. The second-order valence-electron chi connectivity index (χ2n) is 6.68. The number of halogens is 1. The number of aliphatic imine (C=N–C) groups is 1. The van der Waals surface area contributed by atoms with Gasteiger partial charge in [-0.1, -0.05) is 19.3 Å². The van der Waals surface area contributed by atoms with Crippen LogP contribution in [0.5, 0.6) is 11.5 Å². The molecule has 1 aromatic carbocycles. The van der Waals surface area contributed by atoms with Crippen LogP contribution < -0.4 is 25.4 Å². The Labute approximate surface area is 185 Å². The molecule has 0 heterocycles. The van der Waals surface area contributed by atoms with Crippen LogP contribution in [0.3, 0.4) is 0 Å². The van der Waals surface area contributed by atoms with Crippen molar-refractivity contribution in [3.05, 3.63) is 23.8 Å². The van der Waals surface area contributed by atoms with E-state index in [1.54, 1.807) is 21.3 Å². The maximum Gasteiger partial charge on any atom is 0.221 e. The number of guanidine groups is 1. The largest absolute Gasteiger partial charge is 0.497 e. The molecule has 158 valence electrons. The van der Waals surface area contributed by atoms with Gasteiger partial charge in [0.05, 0.1) is 14.2 Å². The van der Waals surface area contributed by atoms with Crippen LogP contribution in [0.15, 0.2) is 23.2 Å². The number of nitrogens with one attached hydrogen (secondary N) is 3. The van der Waals surface area contributed by atoms with Crippen LogP contribution in [-0.4, -0.2) is 45.7 Å². The summed E-state index contributed by atoms with van der Waals surface area (Å²) in [5.74, 6) is 2.26. The second-order valence-corrected chi connectivity index (χ2v) is 6.68. The fourth-order valence-electron chi connectivity index (χ4n) is 3.24. The summed E-state index contributed by atoms with van der Waals surface area (Å²) in [6.07, 6.45) is 6.36. The maximum atomic E-state index is 12.1. The predicted octanol–water partition coefficient (Wildman–Crippen LogP) is 2.83. The predicted molar refractivity (Wildman–Crippen MR) is 123 cm³/mol. The lowest BCUT2D eigenvalue weighted by Crippen LogP contribution is -2.41. The van der Waals surface area contributed by atoms with Crippen molar-refractivity contribution in [2.45, 2.75) is 51.1 Å². The van der Waals surface area contributed by atoms with Crippen LogP contribution in [-0.2, 0) is 11.3 Å². The van der Waals surface area contributed by atoms with E-state index in [9.17, 15) is 4.79 Å². The minimum Gasteiger partial charge on any atom is -0.497 e. The van der Waals surface area contributed by atoms with Crippen molar-refractivity contribution in [2.75, 3.05) is 27.8 Å². The van der Waals surface area contributed by atoms with E-state index in [-0.39, 0.29) is 29.9 Å². The Hall–Kier alpha value is -1.71. The Kier molecular flexibility index (Phi) is 11.7. The molecule has 1 fully saturated rings. The molecular formula is C20H33IN4O3. The van der Waals surface area contributed by atoms with E-state index in [0.717, 1.165) is 29.9 Å². The van der Waals surface area contributed by atoms with Gasteiger partial charge in [-0.2, -0.15) is 0 Å². The van der Waals surface area contributed by atoms with Gasteiger partial charge >= 0.3 is 0 Å². The number of benzene rings is 1. The molecular weight excluding hydrogens is 471 g/mol. The van der Waals surface area contributed by atoms with Crippen LogP contribution in [0.1, 0.15) is 44.1 Å². The third-order valence-electron chi connectivity index (χ3n) is 4.78. The number of ether oxygens (including phenoxy) is 2. The van der Waals surface area contributed by atoms with Crippen LogP contribution in [0.2, 0.25) is 0 Å². The number of hydrogen-bond acceptors (Lipinski definition) is 4. The molecule has 1 aromatic rings. The molecule has 28 heavy (non-hydrogen) atoms. The number of carbonyl (C=O) groups excluding carboxylic acids is 1. The Balaban J connectivity index is 0.00000392. The van der Waals surface area contributed by atoms with Crippen LogP contribution in [0, 0.1) is 0 Å². The Morgan fingerprint density at radius 3 is 2.54 bits per heavy atom. The van der Waals surface area contributed by atoms with Gasteiger partial charge in [0.2, 0.25) is 5.91 Å². The quantitative estimate of drug-likeness (QED) is 0.288. The van der Waals surface area contributed by atoms with Gasteiger partial charge in [0.25, 0.3) is 0 Å². The number of amides is 1. The van der Waals surface area contributed by atoms with Crippen molar-refractivity contribution in [2.24, 2.45) is 4.99 Å². The summed E-state index contributed by atoms with van der Waals surface area (Å²) in [5.41, 5.74) is 0.997. The number of rotatable bonds is 8. The first kappa shape index (κ1) is 24.3. The highest BCUT2D eigenvalue weighted by Crippen LogP contribution is 2.24. The average Bonchev–Trinajstić information content (AvgIpc) is 2.71. The average molecular weight is 504 g/mol. The molecule has 3 N–H and O–H groups in total. The van der Waals surface area contributed by atoms with Gasteiger partial charge in [0, 0.05) is 44.2 Å². The number of methoxy groups -OCH3 is 2. The van der Waals surface area contributed by atoms with Crippen LogP contribution in [0.25, 0.3) is 0 Å². The molecule has 1 saturated carbocycles. The molecule has 1 amide bonds. The molecule has 0 bridgehead atoms. The summed E-state index contributed by atoms with van der Waals surface area (Å²) < 4.78 is 10.6. The zero-order valence-corrected chi connectivity index (χ0v) is 19.4. The standard InChI is InChI=1S/C20H32N4O3.HI/c1-21-20(22-12-11-19(25)24-16-7-5-4-6-8-16)23-14-15-9-10-17(26-2)13-18(15)27-3;/h9-10,13,16H,4-8,11-12,14H2,1-3H3,(H,24,25)(H2,21,22,23);1H. The number of carbonyl (C=O) groups is 1. The number of hydrogen-bond donors (Lipinski definition) is 3. The van der Waals surface area contributed by atoms with Gasteiger partial charge in [0.1, 0.15) is 11.5 Å². The summed E-state index contributed by atoms with van der Waals surface area (Å²) >= 11 is 0. The van der Waals surface area contributed by atoms with Gasteiger partial charge in [-0.15, -0.1) is 24.0 Å².